The van der Waals surface area contributed by atoms with Crippen molar-refractivity contribution in [2.24, 2.45) is 11.8 Å². The first kappa shape index (κ1) is 12.9. The van der Waals surface area contributed by atoms with Gasteiger partial charge in [-0.05, 0) is 42.9 Å². The van der Waals surface area contributed by atoms with Crippen LogP contribution in [0.1, 0.15) is 44.7 Å². The minimum atomic E-state index is 0.429. The second-order valence-corrected chi connectivity index (χ2v) is 5.64. The van der Waals surface area contributed by atoms with Crippen LogP contribution in [-0.4, -0.2) is 6.54 Å². The molecule has 17 heavy (non-hydrogen) atoms. The Morgan fingerprint density at radius 3 is 2.71 bits per heavy atom. The fourth-order valence-electron chi connectivity index (χ4n) is 3.03. The van der Waals surface area contributed by atoms with Crippen molar-refractivity contribution in [3.63, 3.8) is 0 Å². The van der Waals surface area contributed by atoms with Crippen LogP contribution >= 0.6 is 11.6 Å². The van der Waals surface area contributed by atoms with Crippen LogP contribution in [0.5, 0.6) is 0 Å². The van der Waals surface area contributed by atoms with Crippen LogP contribution in [0.25, 0.3) is 0 Å². The van der Waals surface area contributed by atoms with Crippen molar-refractivity contribution < 1.29 is 0 Å². The van der Waals surface area contributed by atoms with Gasteiger partial charge >= 0.3 is 0 Å². The molecule has 1 saturated carbocycles. The van der Waals surface area contributed by atoms with E-state index >= 15 is 0 Å². The zero-order valence-electron chi connectivity index (χ0n) is 10.7. The molecule has 1 N–H and O–H groups in total. The Balaban J connectivity index is 2.20. The third kappa shape index (κ3) is 3.02. The van der Waals surface area contributed by atoms with Gasteiger partial charge in [-0.3, -0.25) is 0 Å². The summed E-state index contributed by atoms with van der Waals surface area (Å²) < 4.78 is 0. The SMILES string of the molecule is CCNC(c1ccccc1Cl)C1CCC(C)C1. The number of halogens is 1. The van der Waals surface area contributed by atoms with E-state index in [1.807, 2.05) is 12.1 Å². The molecular formula is C15H22ClN. The zero-order chi connectivity index (χ0) is 12.3. The van der Waals surface area contributed by atoms with Gasteiger partial charge in [0.2, 0.25) is 0 Å². The van der Waals surface area contributed by atoms with Crippen LogP contribution in [0.3, 0.4) is 0 Å². The Morgan fingerprint density at radius 2 is 2.12 bits per heavy atom. The first-order valence-electron chi connectivity index (χ1n) is 6.70. The Bertz CT molecular complexity index is 364. The van der Waals surface area contributed by atoms with Gasteiger partial charge in [-0.2, -0.15) is 0 Å². The number of hydrogen-bond donors (Lipinski definition) is 1. The molecule has 0 aromatic heterocycles. The smallest absolute Gasteiger partial charge is 0.0453 e. The van der Waals surface area contributed by atoms with E-state index in [0.717, 1.165) is 23.4 Å². The molecule has 2 heteroatoms. The van der Waals surface area contributed by atoms with Crippen LogP contribution in [-0.2, 0) is 0 Å². The van der Waals surface area contributed by atoms with Gasteiger partial charge in [0.1, 0.15) is 0 Å². The Kier molecular flexibility index (Phi) is 4.47. The summed E-state index contributed by atoms with van der Waals surface area (Å²) in [7, 11) is 0. The van der Waals surface area contributed by atoms with E-state index < -0.39 is 0 Å². The first-order valence-corrected chi connectivity index (χ1v) is 7.08. The molecular weight excluding hydrogens is 230 g/mol. The molecule has 0 radical (unpaired) electrons. The number of benzene rings is 1. The average molecular weight is 252 g/mol. The molecule has 3 atom stereocenters. The largest absolute Gasteiger partial charge is 0.310 e. The molecule has 3 unspecified atom stereocenters. The second kappa shape index (κ2) is 5.88. The maximum absolute atomic E-state index is 6.33. The van der Waals surface area contributed by atoms with Gasteiger partial charge < -0.3 is 5.32 Å². The average Bonchev–Trinajstić information content (AvgIpc) is 2.74. The third-order valence-corrected chi connectivity index (χ3v) is 4.22. The van der Waals surface area contributed by atoms with Crippen LogP contribution in [0, 0.1) is 11.8 Å². The van der Waals surface area contributed by atoms with Gasteiger partial charge in [-0.25, -0.2) is 0 Å². The van der Waals surface area contributed by atoms with Crippen molar-refractivity contribution in [1.29, 1.82) is 0 Å². The monoisotopic (exact) mass is 251 g/mol. The molecule has 1 aromatic rings. The summed E-state index contributed by atoms with van der Waals surface area (Å²) in [6.45, 7) is 5.53. The van der Waals surface area contributed by atoms with E-state index in [9.17, 15) is 0 Å². The third-order valence-electron chi connectivity index (χ3n) is 3.87. The highest BCUT2D eigenvalue weighted by atomic mass is 35.5. The Morgan fingerprint density at radius 1 is 1.35 bits per heavy atom. The molecule has 0 bridgehead atoms. The van der Waals surface area contributed by atoms with Crippen molar-refractivity contribution in [1.82, 2.24) is 5.32 Å². The lowest BCUT2D eigenvalue weighted by Gasteiger charge is -2.26. The molecule has 1 fully saturated rings. The standard InChI is InChI=1S/C15H22ClN/c1-3-17-15(12-9-8-11(2)10-12)13-6-4-5-7-14(13)16/h4-7,11-12,15,17H,3,8-10H2,1-2H3. The molecule has 2 rings (SSSR count). The fraction of sp³-hybridized carbons (Fsp3) is 0.600. The molecule has 0 heterocycles. The van der Waals surface area contributed by atoms with Crippen molar-refractivity contribution in [3.05, 3.63) is 34.9 Å². The summed E-state index contributed by atoms with van der Waals surface area (Å²) in [5.74, 6) is 1.61. The lowest BCUT2D eigenvalue weighted by Crippen LogP contribution is -2.27. The number of hydrogen-bond acceptors (Lipinski definition) is 1. The van der Waals surface area contributed by atoms with Gasteiger partial charge in [-0.15, -0.1) is 0 Å². The van der Waals surface area contributed by atoms with Crippen LogP contribution in [0.4, 0.5) is 0 Å². The maximum atomic E-state index is 6.33. The van der Waals surface area contributed by atoms with Gasteiger partial charge in [0.15, 0.2) is 0 Å². The Labute approximate surface area is 110 Å². The van der Waals surface area contributed by atoms with Gasteiger partial charge in [0, 0.05) is 11.1 Å². The molecule has 1 nitrogen and oxygen atoms in total. The Hall–Kier alpha value is -0.530. The summed E-state index contributed by atoms with van der Waals surface area (Å²) in [6.07, 6.45) is 4.00. The molecule has 0 amide bonds. The summed E-state index contributed by atoms with van der Waals surface area (Å²) in [6, 6.07) is 8.69. The van der Waals surface area contributed by atoms with Gasteiger partial charge in [-0.1, -0.05) is 50.1 Å². The summed E-state index contributed by atoms with van der Waals surface area (Å²) in [4.78, 5) is 0. The van der Waals surface area contributed by atoms with Gasteiger partial charge in [0.05, 0.1) is 0 Å². The van der Waals surface area contributed by atoms with E-state index in [-0.39, 0.29) is 0 Å². The first-order chi connectivity index (χ1) is 8.22. The number of nitrogens with one attached hydrogen (secondary N) is 1. The maximum Gasteiger partial charge on any atom is 0.0453 e. The predicted octanol–water partition coefficient (Wildman–Crippen LogP) is 4.43. The van der Waals surface area contributed by atoms with E-state index in [0.29, 0.717) is 6.04 Å². The van der Waals surface area contributed by atoms with Crippen molar-refractivity contribution in [2.75, 3.05) is 6.54 Å². The van der Waals surface area contributed by atoms with Crippen molar-refractivity contribution >= 4 is 11.6 Å². The van der Waals surface area contributed by atoms with E-state index in [2.05, 4.69) is 31.3 Å². The summed E-state index contributed by atoms with van der Waals surface area (Å²) in [5, 5.41) is 4.52. The molecule has 1 aliphatic rings. The zero-order valence-corrected chi connectivity index (χ0v) is 11.5. The molecule has 0 spiro atoms. The van der Waals surface area contributed by atoms with Crippen LogP contribution < -0.4 is 5.32 Å². The molecule has 1 aromatic carbocycles. The molecule has 94 valence electrons. The lowest BCUT2D eigenvalue weighted by atomic mass is 9.91. The predicted molar refractivity (Wildman–Crippen MR) is 74.4 cm³/mol. The highest BCUT2D eigenvalue weighted by molar-refractivity contribution is 6.31. The van der Waals surface area contributed by atoms with E-state index in [1.165, 1.54) is 24.8 Å². The van der Waals surface area contributed by atoms with Crippen LogP contribution in [0.15, 0.2) is 24.3 Å². The van der Waals surface area contributed by atoms with Crippen LogP contribution in [0.2, 0.25) is 5.02 Å². The molecule has 0 aliphatic heterocycles. The molecule has 0 saturated heterocycles. The lowest BCUT2D eigenvalue weighted by molar-refractivity contribution is 0.365. The molecule has 1 aliphatic carbocycles. The summed E-state index contributed by atoms with van der Waals surface area (Å²) in [5.41, 5.74) is 1.27. The van der Waals surface area contributed by atoms with E-state index in [1.54, 1.807) is 0 Å². The number of rotatable bonds is 4. The fourth-order valence-corrected chi connectivity index (χ4v) is 3.28. The van der Waals surface area contributed by atoms with Crippen molar-refractivity contribution in [3.8, 4) is 0 Å². The quantitative estimate of drug-likeness (QED) is 0.835. The second-order valence-electron chi connectivity index (χ2n) is 5.24. The van der Waals surface area contributed by atoms with Crippen molar-refractivity contribution in [2.45, 2.75) is 39.2 Å². The summed E-state index contributed by atoms with van der Waals surface area (Å²) >= 11 is 6.33. The highest BCUT2D eigenvalue weighted by Crippen LogP contribution is 2.40. The van der Waals surface area contributed by atoms with E-state index in [4.69, 9.17) is 11.6 Å². The highest BCUT2D eigenvalue weighted by Gasteiger charge is 2.30. The normalized spacial score (nSPS) is 26.1. The minimum Gasteiger partial charge on any atom is -0.310 e. The topological polar surface area (TPSA) is 12.0 Å². The van der Waals surface area contributed by atoms with Gasteiger partial charge in [0.25, 0.3) is 0 Å². The minimum absolute atomic E-state index is 0.429.